The van der Waals surface area contributed by atoms with Gasteiger partial charge in [0, 0.05) is 14.2 Å². The van der Waals surface area contributed by atoms with Crippen LogP contribution in [-0.2, 0) is 8.85 Å². The molecule has 3 heteroatoms. The molecule has 0 atom stereocenters. The Labute approximate surface area is 114 Å². The molecule has 0 N–H and O–H groups in total. The maximum Gasteiger partial charge on any atom is 0.320 e. The second kappa shape index (κ2) is 14.2. The van der Waals surface area contributed by atoms with Gasteiger partial charge in [0.05, 0.1) is 0 Å². The van der Waals surface area contributed by atoms with E-state index in [9.17, 15) is 0 Å². The van der Waals surface area contributed by atoms with Gasteiger partial charge in [-0.05, 0) is 18.9 Å². The van der Waals surface area contributed by atoms with E-state index in [1.165, 1.54) is 6.42 Å². The summed E-state index contributed by atoms with van der Waals surface area (Å²) in [6.45, 7) is 2.14. The zero-order valence-electron chi connectivity index (χ0n) is 11.8. The van der Waals surface area contributed by atoms with Gasteiger partial charge in [-0.1, -0.05) is 62.0 Å². The van der Waals surface area contributed by atoms with E-state index in [-0.39, 0.29) is 0 Å². The zero-order valence-corrected chi connectivity index (χ0v) is 13.0. The van der Waals surface area contributed by atoms with Gasteiger partial charge >= 0.3 is 9.28 Å². The lowest BCUT2D eigenvalue weighted by atomic mass is 10.5. The second-order valence-corrected chi connectivity index (χ2v) is 6.25. The Bertz CT molecular complexity index is 234. The third-order valence-corrected chi connectivity index (χ3v) is 4.46. The summed E-state index contributed by atoms with van der Waals surface area (Å²) in [6.07, 6.45) is 20.2. The van der Waals surface area contributed by atoms with Crippen molar-refractivity contribution in [3.63, 3.8) is 0 Å². The van der Waals surface area contributed by atoms with Crippen LogP contribution in [0.4, 0.5) is 0 Å². The van der Waals surface area contributed by atoms with E-state index < -0.39 is 9.28 Å². The third kappa shape index (κ3) is 11.6. The van der Waals surface area contributed by atoms with Crippen LogP contribution in [0.3, 0.4) is 0 Å². The average molecular weight is 266 g/mol. The first kappa shape index (κ1) is 17.1. The summed E-state index contributed by atoms with van der Waals surface area (Å²) in [5, 5.41) is 0. The van der Waals surface area contributed by atoms with Gasteiger partial charge in [-0.3, -0.25) is 0 Å². The third-order valence-electron chi connectivity index (χ3n) is 2.36. The average Bonchev–Trinajstić information content (AvgIpc) is 3.13. The largest absolute Gasteiger partial charge is 0.400 e. The predicted octanol–water partition coefficient (Wildman–Crippen LogP) is 3.91. The van der Waals surface area contributed by atoms with Crippen molar-refractivity contribution in [2.75, 3.05) is 14.2 Å². The summed E-state index contributed by atoms with van der Waals surface area (Å²) in [6, 6.07) is 1.12. The summed E-state index contributed by atoms with van der Waals surface area (Å²) in [4.78, 5) is 0. The molecule has 0 bridgehead atoms. The van der Waals surface area contributed by atoms with E-state index in [4.69, 9.17) is 8.85 Å². The van der Waals surface area contributed by atoms with Crippen molar-refractivity contribution in [3.05, 3.63) is 48.6 Å². The van der Waals surface area contributed by atoms with Crippen LogP contribution in [0, 0.1) is 0 Å². The predicted molar refractivity (Wildman–Crippen MR) is 82.1 cm³/mol. The fraction of sp³-hybridized carbons (Fsp3) is 0.467. The van der Waals surface area contributed by atoms with Gasteiger partial charge in [0.25, 0.3) is 0 Å². The van der Waals surface area contributed by atoms with Crippen molar-refractivity contribution < 1.29 is 8.85 Å². The van der Waals surface area contributed by atoms with Crippen LogP contribution in [0.15, 0.2) is 48.6 Å². The maximum absolute atomic E-state index is 5.06. The lowest BCUT2D eigenvalue weighted by molar-refractivity contribution is 0.277. The molecule has 0 aromatic rings. The molecule has 2 rings (SSSR count). The monoisotopic (exact) mass is 266 g/mol. The fourth-order valence-electron chi connectivity index (χ4n) is 1.35. The van der Waals surface area contributed by atoms with Gasteiger partial charge in [0.15, 0.2) is 0 Å². The Hall–Kier alpha value is -0.903. The number of rotatable bonds is 4. The van der Waals surface area contributed by atoms with E-state index >= 15 is 0 Å². The Morgan fingerprint density at radius 3 is 1.33 bits per heavy atom. The van der Waals surface area contributed by atoms with Gasteiger partial charge in [-0.15, -0.1) is 0 Å². The first-order valence-corrected chi connectivity index (χ1v) is 8.30. The molecule has 0 fully saturated rings. The first-order valence-electron chi connectivity index (χ1n) is 6.54. The van der Waals surface area contributed by atoms with Gasteiger partial charge in [-0.25, -0.2) is 0 Å². The summed E-state index contributed by atoms with van der Waals surface area (Å²) < 4.78 is 10.1. The lowest BCUT2D eigenvalue weighted by Crippen LogP contribution is -2.17. The van der Waals surface area contributed by atoms with E-state index in [0.717, 1.165) is 18.9 Å². The Morgan fingerprint density at radius 1 is 0.833 bits per heavy atom. The molecule has 102 valence electrons. The Balaban J connectivity index is 0.000000250. The van der Waals surface area contributed by atoms with Crippen molar-refractivity contribution in [3.8, 4) is 0 Å². The first-order chi connectivity index (χ1) is 8.85. The standard InChI is InChI=1S/C5H14O2Si.2C5H6/c1-4-5-8(6-2)7-3;2*1-2-4-5-3-1/h8H,4-5H2,1-3H3;2*1-4H,5H2. The van der Waals surface area contributed by atoms with E-state index in [1.54, 1.807) is 14.2 Å². The lowest BCUT2D eigenvalue weighted by Gasteiger charge is -2.07. The molecular formula is C15H26O2Si. The topological polar surface area (TPSA) is 18.5 Å². The zero-order chi connectivity index (χ0) is 13.5. The summed E-state index contributed by atoms with van der Waals surface area (Å²) >= 11 is 0. The van der Waals surface area contributed by atoms with Crippen molar-refractivity contribution in [1.82, 2.24) is 0 Å². The molecule has 2 aliphatic rings. The number of hydrogen-bond acceptors (Lipinski definition) is 2. The highest BCUT2D eigenvalue weighted by Crippen LogP contribution is 1.96. The summed E-state index contributed by atoms with van der Waals surface area (Å²) in [5.41, 5.74) is 0. The molecule has 0 aliphatic heterocycles. The van der Waals surface area contributed by atoms with Crippen molar-refractivity contribution in [1.29, 1.82) is 0 Å². The molecule has 2 aliphatic carbocycles. The minimum absolute atomic E-state index is 1.12. The Morgan fingerprint density at radius 2 is 1.22 bits per heavy atom. The van der Waals surface area contributed by atoms with E-state index in [0.29, 0.717) is 0 Å². The molecule has 2 nitrogen and oxygen atoms in total. The molecule has 0 unspecified atom stereocenters. The fourth-order valence-corrected chi connectivity index (χ4v) is 2.49. The molecule has 0 saturated heterocycles. The second-order valence-electron chi connectivity index (χ2n) is 3.87. The van der Waals surface area contributed by atoms with Crippen molar-refractivity contribution in [2.45, 2.75) is 32.2 Å². The van der Waals surface area contributed by atoms with Crippen LogP contribution in [0.2, 0.25) is 6.04 Å². The van der Waals surface area contributed by atoms with Gasteiger partial charge < -0.3 is 8.85 Å². The quantitative estimate of drug-likeness (QED) is 0.718. The van der Waals surface area contributed by atoms with Crippen molar-refractivity contribution >= 4 is 9.28 Å². The van der Waals surface area contributed by atoms with Gasteiger partial charge in [0.2, 0.25) is 0 Å². The van der Waals surface area contributed by atoms with Crippen molar-refractivity contribution in [2.24, 2.45) is 0 Å². The maximum atomic E-state index is 5.06. The van der Waals surface area contributed by atoms with Gasteiger partial charge in [-0.2, -0.15) is 0 Å². The molecule has 0 radical (unpaired) electrons. The highest BCUT2D eigenvalue weighted by atomic mass is 28.3. The number of hydrogen-bond donors (Lipinski definition) is 0. The summed E-state index contributed by atoms with van der Waals surface area (Å²) in [5.74, 6) is 0. The minimum atomic E-state index is -1.19. The molecule has 18 heavy (non-hydrogen) atoms. The molecule has 0 amide bonds. The molecule has 0 aromatic heterocycles. The van der Waals surface area contributed by atoms with E-state index in [2.05, 4.69) is 55.5 Å². The van der Waals surface area contributed by atoms with Crippen LogP contribution in [-0.4, -0.2) is 23.5 Å². The normalized spacial score (nSPS) is 14.4. The highest BCUT2D eigenvalue weighted by molar-refractivity contribution is 6.44. The molecule has 0 saturated carbocycles. The van der Waals surface area contributed by atoms with Crippen LogP contribution in [0.5, 0.6) is 0 Å². The van der Waals surface area contributed by atoms with E-state index in [1.807, 2.05) is 0 Å². The molecular weight excluding hydrogens is 240 g/mol. The SMILES string of the molecule is C1=CCC=C1.C1=CCC=C1.CCC[SiH](OC)OC. The summed E-state index contributed by atoms with van der Waals surface area (Å²) in [7, 11) is 2.24. The van der Waals surface area contributed by atoms with Crippen LogP contribution in [0.1, 0.15) is 26.2 Å². The van der Waals surface area contributed by atoms with Crippen LogP contribution in [0.25, 0.3) is 0 Å². The molecule has 0 aromatic carbocycles. The van der Waals surface area contributed by atoms with Crippen LogP contribution >= 0.6 is 0 Å². The number of allylic oxidation sites excluding steroid dienone is 8. The van der Waals surface area contributed by atoms with Gasteiger partial charge in [0.1, 0.15) is 0 Å². The van der Waals surface area contributed by atoms with Crippen LogP contribution < -0.4 is 0 Å². The molecule has 0 spiro atoms. The Kier molecular flexibility index (Phi) is 13.4. The minimum Gasteiger partial charge on any atom is -0.400 e. The smallest absolute Gasteiger partial charge is 0.320 e. The molecule has 0 heterocycles. The highest BCUT2D eigenvalue weighted by Gasteiger charge is 2.05.